The van der Waals surface area contributed by atoms with E-state index >= 15 is 0 Å². The summed E-state index contributed by atoms with van der Waals surface area (Å²) < 4.78 is 39.3. The molecule has 0 bridgehead atoms. The summed E-state index contributed by atoms with van der Waals surface area (Å²) in [5.74, 6) is -0.000580. The molecule has 0 saturated heterocycles. The van der Waals surface area contributed by atoms with Gasteiger partial charge in [-0.15, -0.1) is 0 Å². The Morgan fingerprint density at radius 2 is 1.74 bits per heavy atom. The van der Waals surface area contributed by atoms with Crippen molar-refractivity contribution in [1.82, 2.24) is 9.21 Å². The lowest BCUT2D eigenvalue weighted by atomic mass is 10.1. The Hall–Kier alpha value is -3.63. The molecule has 9 nitrogen and oxygen atoms in total. The van der Waals surface area contributed by atoms with Crippen molar-refractivity contribution in [3.63, 3.8) is 0 Å². The molecule has 184 valence electrons. The number of benzene rings is 2. The molecule has 1 atom stereocenters. The minimum Gasteiger partial charge on any atom is -0.476 e. The second-order valence-electron chi connectivity index (χ2n) is 8.48. The Bertz CT molecular complexity index is 1300. The number of hydrogen-bond acceptors (Lipinski definition) is 6. The van der Waals surface area contributed by atoms with Crippen molar-refractivity contribution in [3.8, 4) is 5.75 Å². The van der Waals surface area contributed by atoms with Crippen molar-refractivity contribution >= 4 is 27.5 Å². The Morgan fingerprint density at radius 1 is 1.03 bits per heavy atom. The lowest BCUT2D eigenvalue weighted by Gasteiger charge is -2.36. The number of para-hydroxylation sites is 2. The van der Waals surface area contributed by atoms with Gasteiger partial charge in [-0.2, -0.15) is 4.31 Å². The third-order valence-electron chi connectivity index (χ3n) is 5.67. The lowest BCUT2D eigenvalue weighted by molar-refractivity contribution is -0.136. The van der Waals surface area contributed by atoms with Crippen LogP contribution in [0.3, 0.4) is 0 Å². The highest BCUT2D eigenvalue weighted by Crippen LogP contribution is 2.34. The Kier molecular flexibility index (Phi) is 6.95. The van der Waals surface area contributed by atoms with Crippen LogP contribution in [-0.2, 0) is 26.2 Å². The highest BCUT2D eigenvalue weighted by molar-refractivity contribution is 7.89. The summed E-state index contributed by atoms with van der Waals surface area (Å²) in [5.41, 5.74) is 1.39. The number of likely N-dealkylation sites (N-methyl/N-ethyl adjacent to an activating group) is 1. The number of carbonyl (C=O) groups is 2. The average molecular weight is 498 g/mol. The van der Waals surface area contributed by atoms with E-state index in [4.69, 9.17) is 9.15 Å². The van der Waals surface area contributed by atoms with E-state index in [1.54, 1.807) is 62.6 Å². The van der Waals surface area contributed by atoms with Crippen molar-refractivity contribution in [2.24, 2.45) is 0 Å². The summed E-state index contributed by atoms with van der Waals surface area (Å²) >= 11 is 0. The molecule has 2 heterocycles. The molecule has 0 unspecified atom stereocenters. The number of amides is 2. The van der Waals surface area contributed by atoms with E-state index in [2.05, 4.69) is 0 Å². The number of fused-ring (bicyclic) bond motifs is 1. The van der Waals surface area contributed by atoms with Gasteiger partial charge < -0.3 is 19.0 Å². The second-order valence-corrected chi connectivity index (χ2v) is 10.4. The second kappa shape index (κ2) is 9.93. The lowest BCUT2D eigenvalue weighted by Crippen LogP contribution is -2.52. The monoisotopic (exact) mass is 497 g/mol. The van der Waals surface area contributed by atoms with Gasteiger partial charge in [-0.3, -0.25) is 9.59 Å². The summed E-state index contributed by atoms with van der Waals surface area (Å²) in [6.45, 7) is 1.25. The van der Waals surface area contributed by atoms with Crippen LogP contribution in [0.2, 0.25) is 0 Å². The number of anilines is 1. The van der Waals surface area contributed by atoms with Gasteiger partial charge in [-0.25, -0.2) is 8.42 Å². The van der Waals surface area contributed by atoms with Gasteiger partial charge >= 0.3 is 0 Å². The zero-order valence-corrected chi connectivity index (χ0v) is 20.6. The average Bonchev–Trinajstić information content (AvgIpc) is 3.35. The van der Waals surface area contributed by atoms with Crippen LogP contribution in [0.25, 0.3) is 0 Å². The summed E-state index contributed by atoms with van der Waals surface area (Å²) in [7, 11) is -0.811. The van der Waals surface area contributed by atoms with Crippen LogP contribution in [0, 0.1) is 6.92 Å². The van der Waals surface area contributed by atoms with E-state index in [1.165, 1.54) is 28.2 Å². The number of sulfonamides is 1. The normalized spacial score (nSPS) is 15.4. The van der Waals surface area contributed by atoms with E-state index in [0.717, 1.165) is 9.87 Å². The predicted octanol–water partition coefficient (Wildman–Crippen LogP) is 2.66. The largest absolute Gasteiger partial charge is 0.476 e. The van der Waals surface area contributed by atoms with Crippen molar-refractivity contribution in [2.75, 3.05) is 32.1 Å². The van der Waals surface area contributed by atoms with E-state index in [-0.39, 0.29) is 23.9 Å². The predicted molar refractivity (Wildman–Crippen MR) is 129 cm³/mol. The minimum atomic E-state index is -4.03. The fourth-order valence-electron chi connectivity index (χ4n) is 3.78. The maximum atomic E-state index is 13.6. The molecule has 1 aliphatic rings. The molecular formula is C25H27N3O6S. The molecular weight excluding hydrogens is 470 g/mol. The molecule has 35 heavy (non-hydrogen) atoms. The molecule has 4 rings (SSSR count). The molecule has 2 amide bonds. The van der Waals surface area contributed by atoms with Gasteiger partial charge in [0.15, 0.2) is 6.10 Å². The number of furan rings is 1. The van der Waals surface area contributed by atoms with E-state index in [0.29, 0.717) is 17.2 Å². The first-order valence-electron chi connectivity index (χ1n) is 11.0. The quantitative estimate of drug-likeness (QED) is 0.498. The standard InChI is InChI=1S/C25H27N3O6S/c1-18-10-12-20(13-11-18)35(31,32)27(15-19-7-6-14-33-19)17-24(29)28-16-23(25(30)26(2)3)34-22-9-5-4-8-21(22)28/h4-14,23H,15-17H2,1-3H3/t23-/m0/s1. The SMILES string of the molecule is Cc1ccc(S(=O)(=O)N(CC(=O)N2C[C@@H](C(=O)N(C)C)Oc3ccccc32)Cc2ccco2)cc1. The van der Waals surface area contributed by atoms with Gasteiger partial charge in [0.2, 0.25) is 15.9 Å². The van der Waals surface area contributed by atoms with E-state index in [1.807, 2.05) is 6.92 Å². The van der Waals surface area contributed by atoms with Crippen LogP contribution in [-0.4, -0.2) is 62.7 Å². The molecule has 0 N–H and O–H groups in total. The number of ether oxygens (including phenoxy) is 1. The molecule has 1 aromatic heterocycles. The summed E-state index contributed by atoms with van der Waals surface area (Å²) in [5, 5.41) is 0. The van der Waals surface area contributed by atoms with Crippen LogP contribution in [0.15, 0.2) is 76.2 Å². The van der Waals surface area contributed by atoms with Gasteiger partial charge in [0.25, 0.3) is 5.91 Å². The van der Waals surface area contributed by atoms with E-state index in [9.17, 15) is 18.0 Å². The zero-order chi connectivity index (χ0) is 25.2. The van der Waals surface area contributed by atoms with Gasteiger partial charge in [0.1, 0.15) is 11.5 Å². The number of nitrogens with zero attached hydrogens (tertiary/aromatic N) is 3. The van der Waals surface area contributed by atoms with Crippen molar-refractivity contribution in [2.45, 2.75) is 24.5 Å². The fraction of sp³-hybridized carbons (Fsp3) is 0.280. The highest BCUT2D eigenvalue weighted by atomic mass is 32.2. The first kappa shape index (κ1) is 24.5. The molecule has 3 aromatic rings. The topological polar surface area (TPSA) is 100 Å². The van der Waals surface area contributed by atoms with Crippen molar-refractivity contribution < 1.29 is 27.2 Å². The summed E-state index contributed by atoms with van der Waals surface area (Å²) in [6.07, 6.45) is 0.542. The summed E-state index contributed by atoms with van der Waals surface area (Å²) in [4.78, 5) is 29.1. The molecule has 2 aromatic carbocycles. The number of carbonyl (C=O) groups excluding carboxylic acids is 2. The Balaban J connectivity index is 1.66. The van der Waals surface area contributed by atoms with Crippen molar-refractivity contribution in [1.29, 1.82) is 0 Å². The Morgan fingerprint density at radius 3 is 2.40 bits per heavy atom. The molecule has 0 radical (unpaired) electrons. The van der Waals surface area contributed by atoms with Crippen LogP contribution in [0.5, 0.6) is 5.75 Å². The molecule has 0 saturated carbocycles. The van der Waals surface area contributed by atoms with Crippen molar-refractivity contribution in [3.05, 3.63) is 78.3 Å². The maximum Gasteiger partial charge on any atom is 0.265 e. The molecule has 0 aliphatic carbocycles. The Labute approximate surface area is 204 Å². The van der Waals surface area contributed by atoms with Gasteiger partial charge in [-0.05, 0) is 43.3 Å². The molecule has 0 spiro atoms. The first-order valence-corrected chi connectivity index (χ1v) is 12.5. The zero-order valence-electron chi connectivity index (χ0n) is 19.7. The number of aryl methyl sites for hydroxylation is 1. The van der Waals surface area contributed by atoms with E-state index < -0.39 is 28.6 Å². The number of hydrogen-bond donors (Lipinski definition) is 0. The third-order valence-corrected chi connectivity index (χ3v) is 7.48. The fourth-order valence-corrected chi connectivity index (χ4v) is 5.14. The first-order chi connectivity index (χ1) is 16.7. The third kappa shape index (κ3) is 5.23. The van der Waals surface area contributed by atoms with Crippen LogP contribution in [0.4, 0.5) is 5.69 Å². The van der Waals surface area contributed by atoms with Crippen LogP contribution < -0.4 is 9.64 Å². The summed E-state index contributed by atoms with van der Waals surface area (Å²) in [6, 6.07) is 16.6. The van der Waals surface area contributed by atoms with Gasteiger partial charge in [0, 0.05) is 14.1 Å². The van der Waals surface area contributed by atoms with Gasteiger partial charge in [0.05, 0.1) is 36.5 Å². The van der Waals surface area contributed by atoms with Crippen LogP contribution >= 0.6 is 0 Å². The molecule has 10 heteroatoms. The maximum absolute atomic E-state index is 13.6. The van der Waals surface area contributed by atoms with Crippen LogP contribution in [0.1, 0.15) is 11.3 Å². The minimum absolute atomic E-state index is 0.0357. The molecule has 1 aliphatic heterocycles. The smallest absolute Gasteiger partial charge is 0.265 e. The van der Waals surface area contributed by atoms with Gasteiger partial charge in [-0.1, -0.05) is 29.8 Å². The highest BCUT2D eigenvalue weighted by Gasteiger charge is 2.37. The number of rotatable bonds is 7. The molecule has 0 fully saturated rings.